The van der Waals surface area contributed by atoms with Gasteiger partial charge < -0.3 is 10.4 Å². The van der Waals surface area contributed by atoms with Gasteiger partial charge in [-0.15, -0.1) is 0 Å². The van der Waals surface area contributed by atoms with Crippen LogP contribution in [0.1, 0.15) is 28.8 Å². The lowest BCUT2D eigenvalue weighted by atomic mass is 10.3. The van der Waals surface area contributed by atoms with Crippen LogP contribution in [0.5, 0.6) is 0 Å². The molecule has 0 spiro atoms. The Morgan fingerprint density at radius 1 is 1.18 bits per heavy atom. The molecule has 2 heterocycles. The highest BCUT2D eigenvalue weighted by Crippen LogP contribution is 2.00. The Bertz CT molecular complexity index is 646. The van der Waals surface area contributed by atoms with E-state index in [1.165, 1.54) is 10.9 Å². The second-order valence-corrected chi connectivity index (χ2v) is 5.03. The van der Waals surface area contributed by atoms with E-state index in [0.717, 1.165) is 18.5 Å². The summed E-state index contributed by atoms with van der Waals surface area (Å²) >= 11 is 0. The summed E-state index contributed by atoms with van der Waals surface area (Å²) in [6.45, 7) is 3.51. The second kappa shape index (κ2) is 7.39. The summed E-state index contributed by atoms with van der Waals surface area (Å²) in [4.78, 5) is 22.4. The van der Waals surface area contributed by atoms with E-state index in [0.29, 0.717) is 12.1 Å². The molecule has 2 aromatic heterocycles. The smallest absolute Gasteiger partial charge is 0.305 e. The van der Waals surface area contributed by atoms with Gasteiger partial charge in [-0.05, 0) is 18.9 Å². The number of carboxylic acid groups (broad SMARTS) is 1. The van der Waals surface area contributed by atoms with Crippen molar-refractivity contribution in [2.24, 2.45) is 0 Å². The van der Waals surface area contributed by atoms with Gasteiger partial charge in [0.05, 0.1) is 30.9 Å². The van der Waals surface area contributed by atoms with Crippen LogP contribution < -0.4 is 5.32 Å². The molecule has 22 heavy (non-hydrogen) atoms. The quantitative estimate of drug-likeness (QED) is 0.698. The van der Waals surface area contributed by atoms with Crippen LogP contribution in [0, 0.1) is 6.92 Å². The van der Waals surface area contributed by atoms with Gasteiger partial charge in [0.1, 0.15) is 0 Å². The van der Waals surface area contributed by atoms with Crippen molar-refractivity contribution in [3.05, 3.63) is 35.9 Å². The SMILES string of the molecule is Cc1cnn(CCCNC(=O)c2cnn(CCC(=O)O)c2)c1. The van der Waals surface area contributed by atoms with Gasteiger partial charge in [-0.1, -0.05) is 0 Å². The number of aryl methyl sites for hydroxylation is 3. The number of aliphatic carboxylic acids is 1. The van der Waals surface area contributed by atoms with Crippen LogP contribution in [0.25, 0.3) is 0 Å². The van der Waals surface area contributed by atoms with Crippen LogP contribution in [0.3, 0.4) is 0 Å². The summed E-state index contributed by atoms with van der Waals surface area (Å²) in [6, 6.07) is 0. The molecule has 2 aromatic rings. The summed E-state index contributed by atoms with van der Waals surface area (Å²) < 4.78 is 3.29. The maximum Gasteiger partial charge on any atom is 0.305 e. The van der Waals surface area contributed by atoms with Crippen LogP contribution in [0.2, 0.25) is 0 Å². The summed E-state index contributed by atoms with van der Waals surface area (Å²) in [5, 5.41) is 19.5. The van der Waals surface area contributed by atoms with E-state index in [1.54, 1.807) is 12.4 Å². The highest BCUT2D eigenvalue weighted by molar-refractivity contribution is 5.93. The minimum absolute atomic E-state index is 0.0218. The third-order valence-electron chi connectivity index (χ3n) is 3.06. The van der Waals surface area contributed by atoms with Crippen LogP contribution in [-0.4, -0.2) is 43.1 Å². The standard InChI is InChI=1S/C14H19N5O3/c1-11-7-16-18(9-11)5-2-4-15-14(22)12-8-17-19(10-12)6-3-13(20)21/h7-10H,2-6H2,1H3,(H,15,22)(H,20,21). The summed E-state index contributed by atoms with van der Waals surface area (Å²) in [7, 11) is 0. The average Bonchev–Trinajstić information content (AvgIpc) is 3.10. The predicted octanol–water partition coefficient (Wildman–Crippen LogP) is 0.683. The van der Waals surface area contributed by atoms with Crippen molar-refractivity contribution in [1.29, 1.82) is 0 Å². The van der Waals surface area contributed by atoms with E-state index in [9.17, 15) is 9.59 Å². The van der Waals surface area contributed by atoms with E-state index >= 15 is 0 Å². The molecule has 118 valence electrons. The van der Waals surface area contributed by atoms with Gasteiger partial charge in [0.25, 0.3) is 5.91 Å². The Morgan fingerprint density at radius 3 is 2.59 bits per heavy atom. The van der Waals surface area contributed by atoms with Gasteiger partial charge in [-0.2, -0.15) is 10.2 Å². The van der Waals surface area contributed by atoms with Crippen molar-refractivity contribution in [3.8, 4) is 0 Å². The Labute approximate surface area is 127 Å². The van der Waals surface area contributed by atoms with E-state index < -0.39 is 5.97 Å². The van der Waals surface area contributed by atoms with Gasteiger partial charge in [0.15, 0.2) is 0 Å². The number of hydrogen-bond acceptors (Lipinski definition) is 4. The zero-order chi connectivity index (χ0) is 15.9. The lowest BCUT2D eigenvalue weighted by molar-refractivity contribution is -0.137. The highest BCUT2D eigenvalue weighted by Gasteiger charge is 2.08. The Balaban J connectivity index is 1.71. The van der Waals surface area contributed by atoms with E-state index in [2.05, 4.69) is 15.5 Å². The molecule has 0 saturated heterocycles. The van der Waals surface area contributed by atoms with E-state index in [-0.39, 0.29) is 18.9 Å². The molecule has 0 radical (unpaired) electrons. The molecule has 0 atom stereocenters. The minimum Gasteiger partial charge on any atom is -0.481 e. The third-order valence-corrected chi connectivity index (χ3v) is 3.06. The van der Waals surface area contributed by atoms with Crippen molar-refractivity contribution >= 4 is 11.9 Å². The first kappa shape index (κ1) is 15.7. The fourth-order valence-corrected chi connectivity index (χ4v) is 1.95. The fraction of sp³-hybridized carbons (Fsp3) is 0.429. The molecule has 0 aromatic carbocycles. The molecular formula is C14H19N5O3. The molecule has 0 aliphatic carbocycles. The summed E-state index contributed by atoms with van der Waals surface area (Å²) in [5.41, 5.74) is 1.54. The summed E-state index contributed by atoms with van der Waals surface area (Å²) in [5.74, 6) is -1.10. The van der Waals surface area contributed by atoms with Crippen molar-refractivity contribution in [1.82, 2.24) is 24.9 Å². The van der Waals surface area contributed by atoms with Gasteiger partial charge in [-0.25, -0.2) is 0 Å². The fourth-order valence-electron chi connectivity index (χ4n) is 1.95. The maximum atomic E-state index is 11.9. The van der Waals surface area contributed by atoms with Gasteiger partial charge in [0.2, 0.25) is 0 Å². The number of carboxylic acids is 1. The molecule has 0 aliphatic heterocycles. The topological polar surface area (TPSA) is 102 Å². The zero-order valence-corrected chi connectivity index (χ0v) is 12.4. The van der Waals surface area contributed by atoms with Crippen LogP contribution >= 0.6 is 0 Å². The number of amides is 1. The first-order valence-corrected chi connectivity index (χ1v) is 7.06. The van der Waals surface area contributed by atoms with Crippen molar-refractivity contribution in [2.45, 2.75) is 32.9 Å². The maximum absolute atomic E-state index is 11.9. The number of carbonyl (C=O) groups is 2. The average molecular weight is 305 g/mol. The van der Waals surface area contributed by atoms with E-state index in [4.69, 9.17) is 5.11 Å². The van der Waals surface area contributed by atoms with Crippen LogP contribution in [0.4, 0.5) is 0 Å². The third kappa shape index (κ3) is 4.72. The molecule has 8 nitrogen and oxygen atoms in total. The molecule has 0 fully saturated rings. The molecule has 8 heteroatoms. The molecule has 0 bridgehead atoms. The minimum atomic E-state index is -0.893. The number of nitrogens with one attached hydrogen (secondary N) is 1. The van der Waals surface area contributed by atoms with Gasteiger partial charge in [0, 0.05) is 25.5 Å². The number of aromatic nitrogens is 4. The molecule has 0 saturated carbocycles. The van der Waals surface area contributed by atoms with Gasteiger partial charge in [-0.3, -0.25) is 19.0 Å². The number of hydrogen-bond donors (Lipinski definition) is 2. The monoisotopic (exact) mass is 305 g/mol. The lowest BCUT2D eigenvalue weighted by Crippen LogP contribution is -2.25. The second-order valence-electron chi connectivity index (χ2n) is 5.03. The molecule has 0 unspecified atom stereocenters. The van der Waals surface area contributed by atoms with Crippen molar-refractivity contribution < 1.29 is 14.7 Å². The van der Waals surface area contributed by atoms with Gasteiger partial charge >= 0.3 is 5.97 Å². The Kier molecular flexibility index (Phi) is 5.29. The molecule has 1 amide bonds. The highest BCUT2D eigenvalue weighted by atomic mass is 16.4. The van der Waals surface area contributed by atoms with E-state index in [1.807, 2.05) is 17.8 Å². The van der Waals surface area contributed by atoms with Crippen LogP contribution in [-0.2, 0) is 17.9 Å². The molecule has 2 rings (SSSR count). The van der Waals surface area contributed by atoms with Crippen LogP contribution in [0.15, 0.2) is 24.8 Å². The number of carbonyl (C=O) groups excluding carboxylic acids is 1. The predicted molar refractivity (Wildman–Crippen MR) is 78.4 cm³/mol. The molecule has 2 N–H and O–H groups in total. The summed E-state index contributed by atoms with van der Waals surface area (Å²) in [6.07, 6.45) is 7.49. The first-order valence-electron chi connectivity index (χ1n) is 7.06. The van der Waals surface area contributed by atoms with Crippen molar-refractivity contribution in [2.75, 3.05) is 6.54 Å². The molecular weight excluding hydrogens is 286 g/mol. The zero-order valence-electron chi connectivity index (χ0n) is 12.4. The normalized spacial score (nSPS) is 10.6. The number of nitrogens with zero attached hydrogens (tertiary/aromatic N) is 4. The first-order chi connectivity index (χ1) is 10.5. The lowest BCUT2D eigenvalue weighted by Gasteiger charge is -2.04. The Morgan fingerprint density at radius 2 is 1.91 bits per heavy atom. The Hall–Kier alpha value is -2.64. The number of rotatable bonds is 8. The molecule has 0 aliphatic rings. The van der Waals surface area contributed by atoms with Crippen molar-refractivity contribution in [3.63, 3.8) is 0 Å². The largest absolute Gasteiger partial charge is 0.481 e.